The molecule has 2 amide bonds. The monoisotopic (exact) mass is 470 g/mol. The van der Waals surface area contributed by atoms with E-state index in [9.17, 15) is 9.59 Å². The predicted octanol–water partition coefficient (Wildman–Crippen LogP) is 6.10. The van der Waals surface area contributed by atoms with Crippen molar-refractivity contribution in [1.29, 1.82) is 0 Å². The molecular weight excluding hydrogens is 432 g/mol. The fourth-order valence-corrected chi connectivity index (χ4v) is 4.44. The van der Waals surface area contributed by atoms with Gasteiger partial charge in [-0.3, -0.25) is 9.59 Å². The Hall–Kier alpha value is -3.40. The third kappa shape index (κ3) is 7.54. The summed E-state index contributed by atoms with van der Waals surface area (Å²) in [6.45, 7) is 9.16. The quantitative estimate of drug-likeness (QED) is 0.368. The summed E-state index contributed by atoms with van der Waals surface area (Å²) in [4.78, 5) is 29.0. The van der Waals surface area contributed by atoms with Crippen molar-refractivity contribution in [3.8, 4) is 0 Å². The summed E-state index contributed by atoms with van der Waals surface area (Å²) in [7, 11) is 0. The fraction of sp³-hybridized carbons (Fsp3) is 0.355. The van der Waals surface area contributed by atoms with Crippen LogP contribution in [0.3, 0.4) is 0 Å². The summed E-state index contributed by atoms with van der Waals surface area (Å²) < 4.78 is 0. The lowest BCUT2D eigenvalue weighted by molar-refractivity contribution is -0.141. The molecule has 1 atom stereocenters. The molecule has 0 aliphatic rings. The zero-order chi connectivity index (χ0) is 25.2. The van der Waals surface area contributed by atoms with E-state index >= 15 is 0 Å². The average molecular weight is 471 g/mol. The van der Waals surface area contributed by atoms with Crippen LogP contribution in [-0.2, 0) is 16.1 Å². The number of rotatable bonds is 11. The molecule has 4 nitrogen and oxygen atoms in total. The molecule has 0 saturated heterocycles. The molecule has 3 aromatic carbocycles. The Kier molecular flexibility index (Phi) is 9.66. The van der Waals surface area contributed by atoms with Crippen molar-refractivity contribution in [1.82, 2.24) is 10.2 Å². The lowest BCUT2D eigenvalue weighted by Crippen LogP contribution is -2.49. The van der Waals surface area contributed by atoms with Gasteiger partial charge in [-0.2, -0.15) is 0 Å². The van der Waals surface area contributed by atoms with E-state index in [0.29, 0.717) is 31.8 Å². The topological polar surface area (TPSA) is 49.4 Å². The number of carbonyl (C=O) groups is 2. The highest BCUT2D eigenvalue weighted by atomic mass is 16.2. The summed E-state index contributed by atoms with van der Waals surface area (Å²) in [5.41, 5.74) is 4.36. The Morgan fingerprint density at radius 3 is 1.97 bits per heavy atom. The molecular formula is C31H38N2O2. The second kappa shape index (κ2) is 12.9. The third-order valence-corrected chi connectivity index (χ3v) is 6.29. The molecule has 3 rings (SSSR count). The van der Waals surface area contributed by atoms with Gasteiger partial charge in [-0.25, -0.2) is 0 Å². The lowest BCUT2D eigenvalue weighted by Gasteiger charge is -2.32. The molecule has 4 heteroatoms. The average Bonchev–Trinajstić information content (AvgIpc) is 2.86. The second-order valence-electron chi connectivity index (χ2n) is 9.65. The van der Waals surface area contributed by atoms with Gasteiger partial charge in [0.05, 0.1) is 0 Å². The molecule has 0 spiro atoms. The van der Waals surface area contributed by atoms with Crippen molar-refractivity contribution in [2.75, 3.05) is 6.54 Å². The van der Waals surface area contributed by atoms with Crippen LogP contribution in [0.15, 0.2) is 84.9 Å². The molecule has 0 aromatic heterocycles. The number of aryl methyl sites for hydroxylation is 1. The van der Waals surface area contributed by atoms with Gasteiger partial charge >= 0.3 is 0 Å². The van der Waals surface area contributed by atoms with Crippen LogP contribution in [0.1, 0.15) is 61.8 Å². The van der Waals surface area contributed by atoms with Crippen LogP contribution in [0.2, 0.25) is 0 Å². The van der Waals surface area contributed by atoms with Gasteiger partial charge in [-0.1, -0.05) is 111 Å². The van der Waals surface area contributed by atoms with Crippen LogP contribution in [-0.4, -0.2) is 29.3 Å². The molecule has 0 aliphatic carbocycles. The first-order chi connectivity index (χ1) is 16.9. The van der Waals surface area contributed by atoms with E-state index in [1.165, 1.54) is 0 Å². The molecule has 0 unspecified atom stereocenters. The molecule has 3 aromatic rings. The third-order valence-electron chi connectivity index (χ3n) is 6.29. The predicted molar refractivity (Wildman–Crippen MR) is 143 cm³/mol. The molecule has 0 heterocycles. The summed E-state index contributed by atoms with van der Waals surface area (Å²) >= 11 is 0. The van der Waals surface area contributed by atoms with Crippen LogP contribution in [0.4, 0.5) is 0 Å². The molecule has 184 valence electrons. The summed E-state index contributed by atoms with van der Waals surface area (Å²) in [6, 6.07) is 27.9. The highest BCUT2D eigenvalue weighted by Gasteiger charge is 2.30. The SMILES string of the molecule is CC[C@@H](C(=O)NCC(C)C)N(Cc1cccc(C)c1)C(=O)CC(c1ccccc1)c1ccccc1. The van der Waals surface area contributed by atoms with E-state index in [1.54, 1.807) is 4.90 Å². The molecule has 35 heavy (non-hydrogen) atoms. The summed E-state index contributed by atoms with van der Waals surface area (Å²) in [6.07, 6.45) is 0.858. The zero-order valence-electron chi connectivity index (χ0n) is 21.4. The van der Waals surface area contributed by atoms with Gasteiger partial charge < -0.3 is 10.2 Å². The van der Waals surface area contributed by atoms with Crippen molar-refractivity contribution >= 4 is 11.8 Å². The molecule has 0 bridgehead atoms. The Bertz CT molecular complexity index is 1040. The van der Waals surface area contributed by atoms with Crippen LogP contribution >= 0.6 is 0 Å². The first-order valence-electron chi connectivity index (χ1n) is 12.6. The molecule has 0 fully saturated rings. The molecule has 0 radical (unpaired) electrons. The Morgan fingerprint density at radius 1 is 0.857 bits per heavy atom. The molecule has 1 N–H and O–H groups in total. The van der Waals surface area contributed by atoms with Crippen LogP contribution in [0.25, 0.3) is 0 Å². The van der Waals surface area contributed by atoms with E-state index in [2.05, 4.69) is 49.5 Å². The number of amides is 2. The molecule has 0 aliphatic heterocycles. The molecule has 0 saturated carbocycles. The number of hydrogen-bond donors (Lipinski definition) is 1. The van der Waals surface area contributed by atoms with Gasteiger partial charge in [-0.15, -0.1) is 0 Å². The fourth-order valence-electron chi connectivity index (χ4n) is 4.44. The smallest absolute Gasteiger partial charge is 0.242 e. The Balaban J connectivity index is 1.93. The largest absolute Gasteiger partial charge is 0.354 e. The number of benzene rings is 3. The highest BCUT2D eigenvalue weighted by molar-refractivity contribution is 5.88. The first-order valence-corrected chi connectivity index (χ1v) is 12.6. The van der Waals surface area contributed by atoms with Crippen LogP contribution < -0.4 is 5.32 Å². The van der Waals surface area contributed by atoms with Gasteiger partial charge in [0, 0.05) is 25.4 Å². The van der Waals surface area contributed by atoms with Gasteiger partial charge in [0.15, 0.2) is 0 Å². The Labute approximate surface area is 210 Å². The van der Waals surface area contributed by atoms with Crippen molar-refractivity contribution < 1.29 is 9.59 Å². The lowest BCUT2D eigenvalue weighted by atomic mass is 9.88. The van der Waals surface area contributed by atoms with Crippen LogP contribution in [0.5, 0.6) is 0 Å². The second-order valence-corrected chi connectivity index (χ2v) is 9.65. The zero-order valence-corrected chi connectivity index (χ0v) is 21.4. The number of nitrogens with zero attached hydrogens (tertiary/aromatic N) is 1. The minimum Gasteiger partial charge on any atom is -0.354 e. The Morgan fingerprint density at radius 2 is 1.46 bits per heavy atom. The standard InChI is InChI=1S/C31H38N2O2/c1-5-29(31(35)32-21-23(2)3)33(22-25-14-12-13-24(4)19-25)30(34)20-28(26-15-8-6-9-16-26)27-17-10-7-11-18-27/h6-19,23,28-29H,5,20-22H2,1-4H3,(H,32,35)/t29-/m0/s1. The maximum atomic E-state index is 14.0. The van der Waals surface area contributed by atoms with Crippen molar-refractivity contribution in [3.05, 3.63) is 107 Å². The number of nitrogens with one attached hydrogen (secondary N) is 1. The van der Waals surface area contributed by atoms with Crippen molar-refractivity contribution in [3.63, 3.8) is 0 Å². The van der Waals surface area contributed by atoms with E-state index in [0.717, 1.165) is 22.3 Å². The highest BCUT2D eigenvalue weighted by Crippen LogP contribution is 2.29. The first kappa shape index (κ1) is 26.2. The van der Waals surface area contributed by atoms with Gasteiger partial charge in [0.25, 0.3) is 0 Å². The van der Waals surface area contributed by atoms with Gasteiger partial charge in [-0.05, 0) is 36.0 Å². The van der Waals surface area contributed by atoms with E-state index in [4.69, 9.17) is 0 Å². The number of hydrogen-bond acceptors (Lipinski definition) is 2. The van der Waals surface area contributed by atoms with E-state index in [-0.39, 0.29) is 17.7 Å². The minimum atomic E-state index is -0.519. The van der Waals surface area contributed by atoms with Crippen LogP contribution in [0, 0.1) is 12.8 Å². The minimum absolute atomic E-state index is 0.0178. The maximum Gasteiger partial charge on any atom is 0.242 e. The van der Waals surface area contributed by atoms with Gasteiger partial charge in [0.2, 0.25) is 11.8 Å². The maximum absolute atomic E-state index is 14.0. The van der Waals surface area contributed by atoms with E-state index in [1.807, 2.05) is 68.4 Å². The summed E-state index contributed by atoms with van der Waals surface area (Å²) in [5.74, 6) is 0.160. The summed E-state index contributed by atoms with van der Waals surface area (Å²) in [5, 5.41) is 3.05. The van der Waals surface area contributed by atoms with Gasteiger partial charge in [0.1, 0.15) is 6.04 Å². The van der Waals surface area contributed by atoms with E-state index < -0.39 is 6.04 Å². The van der Waals surface area contributed by atoms with Crippen molar-refractivity contribution in [2.45, 2.75) is 59.0 Å². The number of carbonyl (C=O) groups excluding carboxylic acids is 2. The normalized spacial score (nSPS) is 11.9. The van der Waals surface area contributed by atoms with Crippen molar-refractivity contribution in [2.24, 2.45) is 5.92 Å².